The van der Waals surface area contributed by atoms with E-state index in [-0.39, 0.29) is 11.6 Å². The van der Waals surface area contributed by atoms with E-state index < -0.39 is 4.92 Å². The molecule has 6 nitrogen and oxygen atoms in total. The van der Waals surface area contributed by atoms with Gasteiger partial charge in [-0.3, -0.25) is 19.9 Å². The van der Waals surface area contributed by atoms with Crippen LogP contribution in [0.1, 0.15) is 6.92 Å². The molecule has 0 saturated carbocycles. The molecule has 0 aliphatic carbocycles. The molecule has 0 bridgehead atoms. The van der Waals surface area contributed by atoms with E-state index in [9.17, 15) is 14.9 Å². The summed E-state index contributed by atoms with van der Waals surface area (Å²) in [7, 11) is 0. The summed E-state index contributed by atoms with van der Waals surface area (Å²) in [6.45, 7) is 1.36. The van der Waals surface area contributed by atoms with Gasteiger partial charge in [0.05, 0.1) is 27.7 Å². The number of carbonyl (C=O) groups is 1. The van der Waals surface area contributed by atoms with E-state index >= 15 is 0 Å². The van der Waals surface area contributed by atoms with Crippen LogP contribution in [0.25, 0.3) is 10.9 Å². The number of rotatable bonds is 2. The van der Waals surface area contributed by atoms with Gasteiger partial charge in [0.2, 0.25) is 5.91 Å². The van der Waals surface area contributed by atoms with Gasteiger partial charge in [0.25, 0.3) is 5.69 Å². The van der Waals surface area contributed by atoms with Gasteiger partial charge in [-0.15, -0.1) is 0 Å². The molecule has 2 aromatic rings. The van der Waals surface area contributed by atoms with Gasteiger partial charge in [0.15, 0.2) is 0 Å². The molecule has 1 heterocycles. The molecule has 17 heavy (non-hydrogen) atoms. The number of hydrogen-bond acceptors (Lipinski definition) is 4. The van der Waals surface area contributed by atoms with Crippen molar-refractivity contribution in [1.29, 1.82) is 0 Å². The molecule has 0 aliphatic heterocycles. The number of benzene rings is 1. The lowest BCUT2D eigenvalue weighted by atomic mass is 10.2. The highest BCUT2D eigenvalue weighted by Crippen LogP contribution is 2.26. The van der Waals surface area contributed by atoms with Crippen molar-refractivity contribution in [3.8, 4) is 0 Å². The number of nitrogens with one attached hydrogen (secondary N) is 1. The van der Waals surface area contributed by atoms with E-state index in [0.717, 1.165) is 0 Å². The minimum absolute atomic E-state index is 0.0257. The molecule has 1 amide bonds. The topological polar surface area (TPSA) is 85.1 Å². The quantitative estimate of drug-likeness (QED) is 0.633. The van der Waals surface area contributed by atoms with Gasteiger partial charge < -0.3 is 5.32 Å². The first kappa shape index (κ1) is 11.0. The molecule has 1 N–H and O–H groups in total. The van der Waals surface area contributed by atoms with Gasteiger partial charge in [-0.2, -0.15) is 0 Å². The first-order valence-electron chi connectivity index (χ1n) is 4.88. The summed E-state index contributed by atoms with van der Waals surface area (Å²) < 4.78 is 0. The maximum absolute atomic E-state index is 10.9. The van der Waals surface area contributed by atoms with Crippen molar-refractivity contribution < 1.29 is 9.72 Å². The summed E-state index contributed by atoms with van der Waals surface area (Å²) in [5, 5.41) is 13.8. The first-order valence-corrected chi connectivity index (χ1v) is 4.88. The van der Waals surface area contributed by atoms with Crippen LogP contribution in [0.5, 0.6) is 0 Å². The average molecular weight is 231 g/mol. The largest absolute Gasteiger partial charge is 0.325 e. The zero-order chi connectivity index (χ0) is 12.4. The molecule has 1 aromatic carbocycles. The minimum atomic E-state index is -0.471. The van der Waals surface area contributed by atoms with Crippen LogP contribution >= 0.6 is 0 Å². The normalized spacial score (nSPS) is 10.2. The predicted octanol–water partition coefficient (Wildman–Crippen LogP) is 2.10. The first-order chi connectivity index (χ1) is 8.08. The molecule has 0 aliphatic rings. The molecule has 0 spiro atoms. The van der Waals surface area contributed by atoms with Gasteiger partial charge in [-0.05, 0) is 12.1 Å². The van der Waals surface area contributed by atoms with Crippen LogP contribution in [0.15, 0.2) is 30.5 Å². The van der Waals surface area contributed by atoms with Crippen LogP contribution < -0.4 is 5.32 Å². The maximum Gasteiger partial charge on any atom is 0.278 e. The number of nitrogens with zero attached hydrogens (tertiary/aromatic N) is 2. The Morgan fingerprint density at radius 3 is 2.88 bits per heavy atom. The van der Waals surface area contributed by atoms with Crippen LogP contribution in [-0.4, -0.2) is 15.8 Å². The highest BCUT2D eigenvalue weighted by molar-refractivity contribution is 5.94. The zero-order valence-electron chi connectivity index (χ0n) is 9.01. The van der Waals surface area contributed by atoms with E-state index in [1.807, 2.05) is 0 Å². The van der Waals surface area contributed by atoms with Gasteiger partial charge >= 0.3 is 0 Å². The van der Waals surface area contributed by atoms with Crippen molar-refractivity contribution in [2.75, 3.05) is 5.32 Å². The molecule has 0 atom stereocenters. The Balaban J connectivity index is 2.61. The fraction of sp³-hybridized carbons (Fsp3) is 0.0909. The average Bonchev–Trinajstić information content (AvgIpc) is 2.27. The second-order valence-electron chi connectivity index (χ2n) is 3.51. The molecule has 1 aromatic heterocycles. The summed E-state index contributed by atoms with van der Waals surface area (Å²) in [4.78, 5) is 25.3. The van der Waals surface area contributed by atoms with Gasteiger partial charge in [0, 0.05) is 13.0 Å². The Hall–Kier alpha value is -2.50. The number of nitro groups is 1. The third kappa shape index (κ3) is 2.20. The van der Waals surface area contributed by atoms with Crippen molar-refractivity contribution in [3.63, 3.8) is 0 Å². The smallest absolute Gasteiger partial charge is 0.278 e. The molecule has 6 heteroatoms. The number of hydrogen-bond donors (Lipinski definition) is 1. The highest BCUT2D eigenvalue weighted by Gasteiger charge is 2.12. The van der Waals surface area contributed by atoms with Crippen LogP contribution in [0.4, 0.5) is 11.4 Å². The predicted molar refractivity (Wildman–Crippen MR) is 62.7 cm³/mol. The molecular weight excluding hydrogens is 222 g/mol. The second kappa shape index (κ2) is 4.17. The molecule has 0 fully saturated rings. The Kier molecular flexibility index (Phi) is 2.70. The Morgan fingerprint density at radius 2 is 2.24 bits per heavy atom. The molecule has 0 saturated heterocycles. The summed E-state index contributed by atoms with van der Waals surface area (Å²) in [5.41, 5.74) is 0.940. The molecule has 2 rings (SSSR count). The van der Waals surface area contributed by atoms with E-state index in [2.05, 4.69) is 10.3 Å². The fourth-order valence-corrected chi connectivity index (χ4v) is 1.56. The lowest BCUT2D eigenvalue weighted by Crippen LogP contribution is -2.06. The zero-order valence-corrected chi connectivity index (χ0v) is 9.01. The van der Waals surface area contributed by atoms with E-state index in [1.54, 1.807) is 18.2 Å². The Bertz CT molecular complexity index is 610. The summed E-state index contributed by atoms with van der Waals surface area (Å²) in [6, 6.07) is 6.20. The standard InChI is InChI=1S/C11H9N3O3/c1-7(15)13-8-5-9-10(12-6-8)3-2-4-11(9)14(16)17/h2-6H,1H3,(H,13,15). The third-order valence-electron chi connectivity index (χ3n) is 2.22. The summed E-state index contributed by atoms with van der Waals surface area (Å²) >= 11 is 0. The molecular formula is C11H9N3O3. The van der Waals surface area contributed by atoms with Crippen molar-refractivity contribution >= 4 is 28.2 Å². The van der Waals surface area contributed by atoms with Gasteiger partial charge in [-0.1, -0.05) is 6.07 Å². The molecule has 86 valence electrons. The van der Waals surface area contributed by atoms with Crippen molar-refractivity contribution in [1.82, 2.24) is 4.98 Å². The van der Waals surface area contributed by atoms with Crippen LogP contribution in [0.3, 0.4) is 0 Å². The van der Waals surface area contributed by atoms with E-state index in [1.165, 1.54) is 19.2 Å². The second-order valence-corrected chi connectivity index (χ2v) is 3.51. The van der Waals surface area contributed by atoms with Gasteiger partial charge in [0.1, 0.15) is 0 Å². The van der Waals surface area contributed by atoms with Crippen molar-refractivity contribution in [3.05, 3.63) is 40.6 Å². The number of non-ortho nitro benzene ring substituents is 1. The third-order valence-corrected chi connectivity index (χ3v) is 2.22. The minimum Gasteiger partial charge on any atom is -0.325 e. The Labute approximate surface area is 96.4 Å². The van der Waals surface area contributed by atoms with E-state index in [0.29, 0.717) is 16.6 Å². The fourth-order valence-electron chi connectivity index (χ4n) is 1.56. The number of carbonyl (C=O) groups excluding carboxylic acids is 1. The monoisotopic (exact) mass is 231 g/mol. The number of anilines is 1. The van der Waals surface area contributed by atoms with E-state index in [4.69, 9.17) is 0 Å². The Morgan fingerprint density at radius 1 is 1.47 bits per heavy atom. The number of aromatic nitrogens is 1. The number of nitro benzene ring substituents is 1. The lowest BCUT2D eigenvalue weighted by molar-refractivity contribution is -0.383. The molecule has 0 unspecified atom stereocenters. The van der Waals surface area contributed by atoms with Gasteiger partial charge in [-0.25, -0.2) is 0 Å². The number of pyridine rings is 1. The number of amides is 1. The van der Waals surface area contributed by atoms with Crippen LogP contribution in [0.2, 0.25) is 0 Å². The SMILES string of the molecule is CC(=O)Nc1cnc2cccc([N+](=O)[O-])c2c1. The van der Waals surface area contributed by atoms with Crippen molar-refractivity contribution in [2.45, 2.75) is 6.92 Å². The summed E-state index contributed by atoms with van der Waals surface area (Å²) in [6.07, 6.45) is 1.47. The maximum atomic E-state index is 10.9. The highest BCUT2D eigenvalue weighted by atomic mass is 16.6. The molecule has 0 radical (unpaired) electrons. The van der Waals surface area contributed by atoms with Crippen LogP contribution in [-0.2, 0) is 4.79 Å². The summed E-state index contributed by atoms with van der Waals surface area (Å²) in [5.74, 6) is -0.246. The van der Waals surface area contributed by atoms with Crippen molar-refractivity contribution in [2.24, 2.45) is 0 Å². The lowest BCUT2D eigenvalue weighted by Gasteiger charge is -2.03. The van der Waals surface area contributed by atoms with Crippen LogP contribution in [0, 0.1) is 10.1 Å². The number of fused-ring (bicyclic) bond motifs is 1.